The number of carbonyl (C=O) groups is 3. The third kappa shape index (κ3) is 5.77. The highest BCUT2D eigenvalue weighted by Crippen LogP contribution is 2.31. The molecule has 2 heterocycles. The van der Waals surface area contributed by atoms with Gasteiger partial charge in [0.2, 0.25) is 11.8 Å². The number of hydrogen-bond acceptors (Lipinski definition) is 5. The molecule has 182 valence electrons. The lowest BCUT2D eigenvalue weighted by Gasteiger charge is -2.33. The number of hydrogen-bond donors (Lipinski definition) is 2. The van der Waals surface area contributed by atoms with Gasteiger partial charge in [0.25, 0.3) is 5.91 Å². The van der Waals surface area contributed by atoms with Crippen molar-refractivity contribution >= 4 is 23.4 Å². The van der Waals surface area contributed by atoms with Crippen LogP contribution in [0.5, 0.6) is 0 Å². The van der Waals surface area contributed by atoms with Gasteiger partial charge in [0.15, 0.2) is 5.76 Å². The summed E-state index contributed by atoms with van der Waals surface area (Å²) in [6, 6.07) is 11.5. The normalized spacial score (nSPS) is 14.3. The van der Waals surface area contributed by atoms with Crippen molar-refractivity contribution < 1.29 is 18.8 Å². The number of benzene rings is 1. The van der Waals surface area contributed by atoms with E-state index >= 15 is 0 Å². The molecule has 3 aromatic rings. The molecule has 0 bridgehead atoms. The SMILES string of the molecule is Cc1ccc(N(C(=O)CNC(=O)c2ccco2)[C@@H](C(=O)NC2CCCC2)c2cccnc2)c(C)c1. The Morgan fingerprint density at radius 3 is 2.57 bits per heavy atom. The molecule has 35 heavy (non-hydrogen) atoms. The van der Waals surface area contributed by atoms with Crippen molar-refractivity contribution in [2.45, 2.75) is 51.6 Å². The minimum Gasteiger partial charge on any atom is -0.459 e. The molecule has 8 heteroatoms. The lowest BCUT2D eigenvalue weighted by molar-refractivity contribution is -0.126. The molecule has 0 aliphatic heterocycles. The number of rotatable bonds is 8. The van der Waals surface area contributed by atoms with Crippen LogP contribution in [0.3, 0.4) is 0 Å². The van der Waals surface area contributed by atoms with Gasteiger partial charge in [0.1, 0.15) is 6.04 Å². The van der Waals surface area contributed by atoms with E-state index in [1.165, 1.54) is 17.2 Å². The third-order valence-corrected chi connectivity index (χ3v) is 6.23. The van der Waals surface area contributed by atoms with E-state index in [-0.39, 0.29) is 24.3 Å². The first-order valence-corrected chi connectivity index (χ1v) is 11.9. The highest BCUT2D eigenvalue weighted by Gasteiger charge is 2.35. The standard InChI is InChI=1S/C27H30N4O4/c1-18-11-12-22(19(2)15-18)31(24(32)17-29-26(33)23-10-6-14-35-23)25(20-7-5-13-28-16-20)27(34)30-21-8-3-4-9-21/h5-7,10-16,21,25H,3-4,8-9,17H2,1-2H3,(H,29,33)(H,30,34)/t25-/m1/s1. The Bertz CT molecular complexity index is 1170. The fourth-order valence-corrected chi connectivity index (χ4v) is 4.53. The number of anilines is 1. The maximum absolute atomic E-state index is 13.7. The first-order chi connectivity index (χ1) is 16.9. The van der Waals surface area contributed by atoms with Gasteiger partial charge in [-0.2, -0.15) is 0 Å². The lowest BCUT2D eigenvalue weighted by atomic mass is 10.0. The van der Waals surface area contributed by atoms with Crippen molar-refractivity contribution in [3.8, 4) is 0 Å². The Labute approximate surface area is 204 Å². The molecule has 1 aromatic carbocycles. The highest BCUT2D eigenvalue weighted by molar-refractivity contribution is 6.04. The first-order valence-electron chi connectivity index (χ1n) is 11.9. The van der Waals surface area contributed by atoms with Crippen molar-refractivity contribution in [2.75, 3.05) is 11.4 Å². The van der Waals surface area contributed by atoms with Gasteiger partial charge in [-0.25, -0.2) is 0 Å². The summed E-state index contributed by atoms with van der Waals surface area (Å²) in [5, 5.41) is 5.75. The van der Waals surface area contributed by atoms with E-state index in [1.807, 2.05) is 32.0 Å². The fraction of sp³-hybridized carbons (Fsp3) is 0.333. The van der Waals surface area contributed by atoms with Gasteiger partial charge in [0, 0.05) is 29.7 Å². The van der Waals surface area contributed by atoms with Gasteiger partial charge < -0.3 is 15.1 Å². The quantitative estimate of drug-likeness (QED) is 0.516. The molecule has 1 fully saturated rings. The summed E-state index contributed by atoms with van der Waals surface area (Å²) in [6.07, 6.45) is 8.60. The van der Waals surface area contributed by atoms with Crippen LogP contribution in [0, 0.1) is 13.8 Å². The van der Waals surface area contributed by atoms with Crippen LogP contribution in [0.1, 0.15) is 59.0 Å². The van der Waals surface area contributed by atoms with Crippen LogP contribution in [0.15, 0.2) is 65.5 Å². The highest BCUT2D eigenvalue weighted by atomic mass is 16.3. The molecule has 3 amide bonds. The first kappa shape index (κ1) is 24.2. The molecule has 1 aliphatic rings. The van der Waals surface area contributed by atoms with E-state index in [1.54, 1.807) is 30.6 Å². The van der Waals surface area contributed by atoms with E-state index in [0.29, 0.717) is 11.3 Å². The van der Waals surface area contributed by atoms with Crippen LogP contribution >= 0.6 is 0 Å². The van der Waals surface area contributed by atoms with Crippen LogP contribution in [0.4, 0.5) is 5.69 Å². The van der Waals surface area contributed by atoms with Crippen LogP contribution < -0.4 is 15.5 Å². The topological polar surface area (TPSA) is 105 Å². The van der Waals surface area contributed by atoms with E-state index < -0.39 is 17.9 Å². The Kier molecular flexibility index (Phi) is 7.60. The lowest BCUT2D eigenvalue weighted by Crippen LogP contribution is -2.49. The van der Waals surface area contributed by atoms with E-state index in [9.17, 15) is 14.4 Å². The maximum Gasteiger partial charge on any atom is 0.287 e. The molecule has 8 nitrogen and oxygen atoms in total. The number of aryl methyl sites for hydroxylation is 2. The van der Waals surface area contributed by atoms with Gasteiger partial charge >= 0.3 is 0 Å². The Hall–Kier alpha value is -3.94. The molecule has 1 atom stereocenters. The molecule has 0 spiro atoms. The molecule has 1 aliphatic carbocycles. The van der Waals surface area contributed by atoms with Gasteiger partial charge in [0.05, 0.1) is 12.8 Å². The van der Waals surface area contributed by atoms with Crippen molar-refractivity contribution in [1.29, 1.82) is 0 Å². The molecule has 4 rings (SSSR count). The number of nitrogens with zero attached hydrogens (tertiary/aromatic N) is 2. The Morgan fingerprint density at radius 1 is 1.11 bits per heavy atom. The molecule has 2 aromatic heterocycles. The van der Waals surface area contributed by atoms with Crippen LogP contribution in [-0.4, -0.2) is 35.3 Å². The summed E-state index contributed by atoms with van der Waals surface area (Å²) in [5.41, 5.74) is 3.08. The minimum absolute atomic E-state index is 0.0800. The molecule has 0 saturated heterocycles. The Morgan fingerprint density at radius 2 is 1.91 bits per heavy atom. The predicted octanol–water partition coefficient (Wildman–Crippen LogP) is 3.85. The second-order valence-electron chi connectivity index (χ2n) is 8.89. The van der Waals surface area contributed by atoms with E-state index in [2.05, 4.69) is 15.6 Å². The number of aromatic nitrogens is 1. The summed E-state index contributed by atoms with van der Waals surface area (Å²) in [4.78, 5) is 45.5. The second kappa shape index (κ2) is 11.0. The number of amides is 3. The second-order valence-corrected chi connectivity index (χ2v) is 8.89. The molecular formula is C27H30N4O4. The van der Waals surface area contributed by atoms with Gasteiger partial charge in [-0.1, -0.05) is 36.6 Å². The summed E-state index contributed by atoms with van der Waals surface area (Å²) < 4.78 is 5.13. The van der Waals surface area contributed by atoms with Crippen molar-refractivity contribution in [1.82, 2.24) is 15.6 Å². The number of carbonyl (C=O) groups excluding carboxylic acids is 3. The monoisotopic (exact) mass is 474 g/mol. The minimum atomic E-state index is -0.946. The van der Waals surface area contributed by atoms with Crippen molar-refractivity contribution in [2.24, 2.45) is 0 Å². The smallest absolute Gasteiger partial charge is 0.287 e. The Balaban J connectivity index is 1.69. The fourth-order valence-electron chi connectivity index (χ4n) is 4.53. The predicted molar refractivity (Wildman–Crippen MR) is 132 cm³/mol. The third-order valence-electron chi connectivity index (χ3n) is 6.23. The zero-order valence-electron chi connectivity index (χ0n) is 20.0. The summed E-state index contributed by atoms with van der Waals surface area (Å²) >= 11 is 0. The van der Waals surface area contributed by atoms with Gasteiger partial charge in [-0.3, -0.25) is 24.3 Å². The van der Waals surface area contributed by atoms with Crippen LogP contribution in [0.2, 0.25) is 0 Å². The molecule has 0 unspecified atom stereocenters. The molecular weight excluding hydrogens is 444 g/mol. The molecule has 2 N–H and O–H groups in total. The average molecular weight is 475 g/mol. The van der Waals surface area contributed by atoms with Gasteiger partial charge in [-0.05, 0) is 56.5 Å². The molecule has 1 saturated carbocycles. The molecule has 0 radical (unpaired) electrons. The number of furan rings is 1. The summed E-state index contributed by atoms with van der Waals surface area (Å²) in [7, 11) is 0. The maximum atomic E-state index is 13.7. The average Bonchev–Trinajstić information content (AvgIpc) is 3.56. The number of pyridine rings is 1. The largest absolute Gasteiger partial charge is 0.459 e. The zero-order valence-corrected chi connectivity index (χ0v) is 20.0. The van der Waals surface area contributed by atoms with E-state index in [0.717, 1.165) is 36.8 Å². The van der Waals surface area contributed by atoms with Gasteiger partial charge in [-0.15, -0.1) is 0 Å². The van der Waals surface area contributed by atoms with Crippen LogP contribution in [0.25, 0.3) is 0 Å². The van der Waals surface area contributed by atoms with Crippen LogP contribution in [-0.2, 0) is 9.59 Å². The summed E-state index contributed by atoms with van der Waals surface area (Å²) in [5.74, 6) is -1.08. The van der Waals surface area contributed by atoms with Crippen molar-refractivity contribution in [3.05, 3.63) is 83.6 Å². The van der Waals surface area contributed by atoms with Crippen molar-refractivity contribution in [3.63, 3.8) is 0 Å². The number of nitrogens with one attached hydrogen (secondary N) is 2. The summed E-state index contributed by atoms with van der Waals surface area (Å²) in [6.45, 7) is 3.57. The van der Waals surface area contributed by atoms with E-state index in [4.69, 9.17) is 4.42 Å². The zero-order chi connectivity index (χ0) is 24.8.